The Labute approximate surface area is 135 Å². The van der Waals surface area contributed by atoms with Crippen LogP contribution in [0.1, 0.15) is 40.4 Å². The van der Waals surface area contributed by atoms with Crippen molar-refractivity contribution in [3.63, 3.8) is 0 Å². The number of rotatable bonds is 5. The fraction of sp³-hybridized carbons (Fsp3) is 0.263. The Balaban J connectivity index is 2.10. The molecule has 3 rings (SSSR count). The first kappa shape index (κ1) is 15.3. The number of pyridine rings is 1. The van der Waals surface area contributed by atoms with Crippen molar-refractivity contribution in [3.8, 4) is 0 Å². The van der Waals surface area contributed by atoms with Crippen molar-refractivity contribution >= 4 is 16.9 Å². The molecule has 0 saturated carbocycles. The summed E-state index contributed by atoms with van der Waals surface area (Å²) in [5, 5.41) is 10.6. The molecule has 1 aromatic carbocycles. The third-order valence-electron chi connectivity index (χ3n) is 4.10. The zero-order valence-electron chi connectivity index (χ0n) is 13.4. The van der Waals surface area contributed by atoms with Crippen LogP contribution in [0.2, 0.25) is 0 Å². The molecule has 4 nitrogen and oxygen atoms in total. The van der Waals surface area contributed by atoms with E-state index in [0.29, 0.717) is 12.0 Å². The van der Waals surface area contributed by atoms with Gasteiger partial charge in [-0.3, -0.25) is 4.98 Å². The van der Waals surface area contributed by atoms with Gasteiger partial charge in [0.25, 0.3) is 0 Å². The molecule has 0 spiro atoms. The minimum atomic E-state index is -0.907. The molecule has 0 atom stereocenters. The Kier molecular flexibility index (Phi) is 4.15. The van der Waals surface area contributed by atoms with E-state index < -0.39 is 5.97 Å². The number of aromatic carboxylic acids is 1. The van der Waals surface area contributed by atoms with Gasteiger partial charge in [0.1, 0.15) is 0 Å². The maximum atomic E-state index is 11.4. The van der Waals surface area contributed by atoms with Crippen LogP contribution in [0.5, 0.6) is 0 Å². The predicted molar refractivity (Wildman–Crippen MR) is 91.0 cm³/mol. The number of hydrogen-bond acceptors (Lipinski definition) is 2. The van der Waals surface area contributed by atoms with Gasteiger partial charge in [0.05, 0.1) is 5.56 Å². The Morgan fingerprint density at radius 1 is 1.26 bits per heavy atom. The highest BCUT2D eigenvalue weighted by atomic mass is 16.4. The standard InChI is InChI=1S/C19H20N2O2/c1-3-8-21-12-15(17-9-13(2)4-5-18(17)21)10-14-11-20-7-6-16(14)19(22)23/h4-7,9,11-12H,3,8,10H2,1-2H3,(H,22,23). The number of carbonyl (C=O) groups is 1. The number of nitrogens with zero attached hydrogens (tertiary/aromatic N) is 2. The summed E-state index contributed by atoms with van der Waals surface area (Å²) in [6.07, 6.45) is 6.96. The highest BCUT2D eigenvalue weighted by Crippen LogP contribution is 2.26. The van der Waals surface area contributed by atoms with E-state index in [2.05, 4.69) is 47.8 Å². The second-order valence-corrected chi connectivity index (χ2v) is 5.88. The molecule has 0 unspecified atom stereocenters. The van der Waals surface area contributed by atoms with Crippen molar-refractivity contribution in [2.75, 3.05) is 0 Å². The second kappa shape index (κ2) is 6.24. The van der Waals surface area contributed by atoms with Gasteiger partial charge in [-0.2, -0.15) is 0 Å². The minimum Gasteiger partial charge on any atom is -0.478 e. The zero-order valence-corrected chi connectivity index (χ0v) is 13.4. The lowest BCUT2D eigenvalue weighted by molar-refractivity contribution is 0.0695. The lowest BCUT2D eigenvalue weighted by atomic mass is 10.0. The van der Waals surface area contributed by atoms with Gasteiger partial charge in [0.15, 0.2) is 0 Å². The number of carboxylic acid groups (broad SMARTS) is 1. The van der Waals surface area contributed by atoms with Gasteiger partial charge >= 0.3 is 5.97 Å². The number of hydrogen-bond donors (Lipinski definition) is 1. The average Bonchev–Trinajstić information content (AvgIpc) is 2.85. The highest BCUT2D eigenvalue weighted by molar-refractivity contribution is 5.90. The summed E-state index contributed by atoms with van der Waals surface area (Å²) in [7, 11) is 0. The molecular formula is C19H20N2O2. The maximum absolute atomic E-state index is 11.4. The SMILES string of the molecule is CCCn1cc(Cc2cnccc2C(=O)O)c2cc(C)ccc21. The molecular weight excluding hydrogens is 288 g/mol. The van der Waals surface area contributed by atoms with Crippen molar-refractivity contribution in [3.05, 3.63) is 65.1 Å². The summed E-state index contributed by atoms with van der Waals surface area (Å²) in [5.41, 5.74) is 4.62. The largest absolute Gasteiger partial charge is 0.478 e. The van der Waals surface area contributed by atoms with Crippen molar-refractivity contribution in [2.24, 2.45) is 0 Å². The molecule has 0 radical (unpaired) electrons. The van der Waals surface area contributed by atoms with E-state index in [4.69, 9.17) is 0 Å². The summed E-state index contributed by atoms with van der Waals surface area (Å²) in [5.74, 6) is -0.907. The van der Waals surface area contributed by atoms with Crippen molar-refractivity contribution < 1.29 is 9.90 Å². The summed E-state index contributed by atoms with van der Waals surface area (Å²) in [6.45, 7) is 5.19. The third kappa shape index (κ3) is 2.97. The minimum absolute atomic E-state index is 0.323. The van der Waals surface area contributed by atoms with E-state index in [0.717, 1.165) is 24.1 Å². The van der Waals surface area contributed by atoms with Crippen LogP contribution in [-0.2, 0) is 13.0 Å². The monoisotopic (exact) mass is 308 g/mol. The van der Waals surface area contributed by atoms with Crippen LogP contribution >= 0.6 is 0 Å². The molecule has 0 saturated heterocycles. The molecule has 118 valence electrons. The summed E-state index contributed by atoms with van der Waals surface area (Å²) < 4.78 is 2.25. The molecule has 0 bridgehead atoms. The van der Waals surface area contributed by atoms with Crippen LogP contribution in [0, 0.1) is 6.92 Å². The Bertz CT molecular complexity index is 865. The van der Waals surface area contributed by atoms with Crippen LogP contribution in [-0.4, -0.2) is 20.6 Å². The number of fused-ring (bicyclic) bond motifs is 1. The van der Waals surface area contributed by atoms with E-state index in [1.807, 2.05) is 0 Å². The van der Waals surface area contributed by atoms with Gasteiger partial charge in [0.2, 0.25) is 0 Å². The van der Waals surface area contributed by atoms with Crippen molar-refractivity contribution in [1.82, 2.24) is 9.55 Å². The highest BCUT2D eigenvalue weighted by Gasteiger charge is 2.14. The molecule has 0 aliphatic carbocycles. The van der Waals surface area contributed by atoms with Gasteiger partial charge in [-0.15, -0.1) is 0 Å². The van der Waals surface area contributed by atoms with Crippen LogP contribution in [0.25, 0.3) is 10.9 Å². The normalized spacial score (nSPS) is 11.0. The molecule has 1 N–H and O–H groups in total. The summed E-state index contributed by atoms with van der Waals surface area (Å²) >= 11 is 0. The van der Waals surface area contributed by atoms with Gasteiger partial charge in [-0.05, 0) is 42.7 Å². The quantitative estimate of drug-likeness (QED) is 0.774. The summed E-state index contributed by atoms with van der Waals surface area (Å²) in [4.78, 5) is 15.5. The van der Waals surface area contributed by atoms with E-state index in [9.17, 15) is 9.90 Å². The fourth-order valence-corrected chi connectivity index (χ4v) is 3.03. The smallest absolute Gasteiger partial charge is 0.336 e. The molecule has 2 aromatic heterocycles. The van der Waals surface area contributed by atoms with Gasteiger partial charge < -0.3 is 9.67 Å². The van der Waals surface area contributed by atoms with E-state index >= 15 is 0 Å². The van der Waals surface area contributed by atoms with Crippen LogP contribution in [0.15, 0.2) is 42.9 Å². The Morgan fingerprint density at radius 3 is 2.83 bits per heavy atom. The van der Waals surface area contributed by atoms with Gasteiger partial charge in [0, 0.05) is 42.5 Å². The van der Waals surface area contributed by atoms with Gasteiger partial charge in [-0.25, -0.2) is 4.79 Å². The molecule has 2 heterocycles. The number of aromatic nitrogens is 2. The van der Waals surface area contributed by atoms with Crippen LogP contribution < -0.4 is 0 Å². The van der Waals surface area contributed by atoms with Crippen LogP contribution in [0.3, 0.4) is 0 Å². The molecule has 23 heavy (non-hydrogen) atoms. The maximum Gasteiger partial charge on any atom is 0.336 e. The average molecular weight is 308 g/mol. The molecule has 0 aliphatic rings. The van der Waals surface area contributed by atoms with Crippen LogP contribution in [0.4, 0.5) is 0 Å². The van der Waals surface area contributed by atoms with Gasteiger partial charge in [-0.1, -0.05) is 18.6 Å². The number of aryl methyl sites for hydroxylation is 2. The van der Waals surface area contributed by atoms with E-state index in [-0.39, 0.29) is 0 Å². The molecule has 0 fully saturated rings. The van der Waals surface area contributed by atoms with E-state index in [1.54, 1.807) is 12.3 Å². The molecule has 0 aliphatic heterocycles. The first-order chi connectivity index (χ1) is 11.1. The summed E-state index contributed by atoms with van der Waals surface area (Å²) in [6, 6.07) is 8.00. The fourth-order valence-electron chi connectivity index (χ4n) is 3.03. The Hall–Kier alpha value is -2.62. The third-order valence-corrected chi connectivity index (χ3v) is 4.10. The molecule has 0 amide bonds. The second-order valence-electron chi connectivity index (χ2n) is 5.88. The Morgan fingerprint density at radius 2 is 2.09 bits per heavy atom. The zero-order chi connectivity index (χ0) is 16.4. The predicted octanol–water partition coefficient (Wildman–Crippen LogP) is 4.04. The van der Waals surface area contributed by atoms with Crippen molar-refractivity contribution in [1.29, 1.82) is 0 Å². The lowest BCUT2D eigenvalue weighted by Crippen LogP contribution is -2.03. The number of benzene rings is 1. The topological polar surface area (TPSA) is 55.1 Å². The van der Waals surface area contributed by atoms with E-state index in [1.165, 1.54) is 22.7 Å². The molecule has 3 aromatic rings. The lowest BCUT2D eigenvalue weighted by Gasteiger charge is -2.04. The van der Waals surface area contributed by atoms with Crippen molar-refractivity contribution in [2.45, 2.75) is 33.2 Å². The first-order valence-electron chi connectivity index (χ1n) is 7.84. The number of carboxylic acids is 1. The molecule has 4 heteroatoms. The first-order valence-corrected chi connectivity index (χ1v) is 7.84.